The average molecular weight is 278 g/mol. The Morgan fingerprint density at radius 1 is 1.50 bits per heavy atom. The molecule has 106 valence electrons. The minimum atomic E-state index is -0.856. The van der Waals surface area contributed by atoms with Crippen LogP contribution in [-0.2, 0) is 11.3 Å². The van der Waals surface area contributed by atoms with Crippen LogP contribution in [0.15, 0.2) is 18.2 Å². The second-order valence-corrected chi connectivity index (χ2v) is 4.85. The molecule has 1 aromatic heterocycles. The van der Waals surface area contributed by atoms with Gasteiger partial charge in [0.1, 0.15) is 5.82 Å². The lowest BCUT2D eigenvalue weighted by Gasteiger charge is -2.11. The molecule has 0 saturated carbocycles. The number of aryl methyl sites for hydroxylation is 1. The summed E-state index contributed by atoms with van der Waals surface area (Å²) in [4.78, 5) is 10.7. The Morgan fingerprint density at radius 2 is 2.25 bits per heavy atom. The predicted molar refractivity (Wildman–Crippen MR) is 69.4 cm³/mol. The minimum absolute atomic E-state index is 0.0434. The average Bonchev–Trinajstić information content (AvgIpc) is 2.75. The molecule has 0 spiro atoms. The Bertz CT molecular complexity index is 627. The third-order valence-electron chi connectivity index (χ3n) is 2.97. The van der Waals surface area contributed by atoms with Crippen LogP contribution >= 0.6 is 0 Å². The van der Waals surface area contributed by atoms with E-state index in [1.54, 1.807) is 17.7 Å². The molecule has 0 radical (unpaired) electrons. The van der Waals surface area contributed by atoms with Crippen LogP contribution in [0.4, 0.5) is 4.39 Å². The summed E-state index contributed by atoms with van der Waals surface area (Å²) in [6.07, 6.45) is 0.0434. The zero-order chi connectivity index (χ0) is 14.7. The van der Waals surface area contributed by atoms with Gasteiger partial charge in [0.25, 0.3) is 0 Å². The van der Waals surface area contributed by atoms with Crippen LogP contribution in [0.5, 0.6) is 0 Å². The first-order valence-corrected chi connectivity index (χ1v) is 6.22. The highest BCUT2D eigenvalue weighted by Crippen LogP contribution is 2.22. The molecular weight excluding hydrogens is 263 g/mol. The summed E-state index contributed by atoms with van der Waals surface area (Å²) in [5, 5.41) is 20.2. The molecule has 1 heterocycles. The van der Waals surface area contributed by atoms with Gasteiger partial charge in [0.15, 0.2) is 5.82 Å². The fourth-order valence-corrected chi connectivity index (χ4v) is 2.06. The Hall–Kier alpha value is -2.31. The predicted octanol–water partition coefficient (Wildman–Crippen LogP) is 1.90. The van der Waals surface area contributed by atoms with E-state index >= 15 is 0 Å². The SMILES string of the molecule is Cc1cc(F)ccc1-c1nnnn1CC(C)CC(=O)O. The van der Waals surface area contributed by atoms with Gasteiger partial charge in [-0.3, -0.25) is 4.79 Å². The molecule has 0 aliphatic rings. The fourth-order valence-electron chi connectivity index (χ4n) is 2.06. The molecule has 0 amide bonds. The van der Waals surface area contributed by atoms with Gasteiger partial charge < -0.3 is 5.11 Å². The van der Waals surface area contributed by atoms with E-state index in [0.29, 0.717) is 12.4 Å². The molecule has 0 aliphatic heterocycles. The van der Waals surface area contributed by atoms with Crippen LogP contribution < -0.4 is 0 Å². The normalized spacial score (nSPS) is 12.3. The summed E-state index contributed by atoms with van der Waals surface area (Å²) in [7, 11) is 0. The molecule has 0 saturated heterocycles. The van der Waals surface area contributed by atoms with E-state index in [1.165, 1.54) is 12.1 Å². The lowest BCUT2D eigenvalue weighted by molar-refractivity contribution is -0.138. The largest absolute Gasteiger partial charge is 0.481 e. The maximum Gasteiger partial charge on any atom is 0.303 e. The summed E-state index contributed by atoms with van der Waals surface area (Å²) in [5.41, 5.74) is 1.46. The number of carbonyl (C=O) groups is 1. The zero-order valence-corrected chi connectivity index (χ0v) is 11.2. The molecule has 7 heteroatoms. The molecule has 0 aliphatic carbocycles. The van der Waals surface area contributed by atoms with Crippen molar-refractivity contribution < 1.29 is 14.3 Å². The van der Waals surface area contributed by atoms with E-state index in [0.717, 1.165) is 11.1 Å². The number of rotatable bonds is 5. The maximum absolute atomic E-state index is 13.1. The lowest BCUT2D eigenvalue weighted by Crippen LogP contribution is -2.14. The molecule has 1 aromatic carbocycles. The molecule has 0 fully saturated rings. The van der Waals surface area contributed by atoms with Crippen molar-refractivity contribution in [3.8, 4) is 11.4 Å². The van der Waals surface area contributed by atoms with E-state index in [-0.39, 0.29) is 18.2 Å². The van der Waals surface area contributed by atoms with Gasteiger partial charge in [-0.2, -0.15) is 0 Å². The Kier molecular flexibility index (Phi) is 4.07. The zero-order valence-electron chi connectivity index (χ0n) is 11.2. The molecule has 1 N–H and O–H groups in total. The first-order valence-electron chi connectivity index (χ1n) is 6.22. The maximum atomic E-state index is 13.1. The van der Waals surface area contributed by atoms with Gasteiger partial charge in [-0.1, -0.05) is 6.92 Å². The Morgan fingerprint density at radius 3 is 2.90 bits per heavy atom. The van der Waals surface area contributed by atoms with Crippen molar-refractivity contribution in [1.29, 1.82) is 0 Å². The van der Waals surface area contributed by atoms with Crippen LogP contribution in [0.25, 0.3) is 11.4 Å². The third-order valence-corrected chi connectivity index (χ3v) is 2.97. The highest BCUT2D eigenvalue weighted by atomic mass is 19.1. The third kappa shape index (κ3) is 3.17. The second kappa shape index (κ2) is 5.77. The number of tetrazole rings is 1. The van der Waals surface area contributed by atoms with Crippen molar-refractivity contribution in [2.45, 2.75) is 26.8 Å². The number of benzene rings is 1. The number of hydrogen-bond acceptors (Lipinski definition) is 4. The number of carboxylic acids is 1. The minimum Gasteiger partial charge on any atom is -0.481 e. The smallest absolute Gasteiger partial charge is 0.303 e. The van der Waals surface area contributed by atoms with Gasteiger partial charge in [-0.25, -0.2) is 9.07 Å². The second-order valence-electron chi connectivity index (χ2n) is 4.85. The van der Waals surface area contributed by atoms with Crippen LogP contribution in [0.1, 0.15) is 18.9 Å². The van der Waals surface area contributed by atoms with Crippen LogP contribution in [0.2, 0.25) is 0 Å². The molecule has 1 atom stereocenters. The molecule has 2 aromatic rings. The summed E-state index contributed by atoms with van der Waals surface area (Å²) < 4.78 is 14.7. The van der Waals surface area contributed by atoms with Gasteiger partial charge in [0.05, 0.1) is 0 Å². The Balaban J connectivity index is 2.26. The van der Waals surface area contributed by atoms with Gasteiger partial charge >= 0.3 is 5.97 Å². The first kappa shape index (κ1) is 14.1. The summed E-state index contributed by atoms with van der Waals surface area (Å²) in [5.74, 6) is -0.759. The van der Waals surface area contributed by atoms with E-state index in [9.17, 15) is 9.18 Å². The molecular formula is C13H15FN4O2. The highest BCUT2D eigenvalue weighted by molar-refractivity contribution is 5.67. The van der Waals surface area contributed by atoms with Crippen molar-refractivity contribution in [3.05, 3.63) is 29.6 Å². The number of aromatic nitrogens is 4. The quantitative estimate of drug-likeness (QED) is 0.903. The monoisotopic (exact) mass is 278 g/mol. The topological polar surface area (TPSA) is 80.9 Å². The van der Waals surface area contributed by atoms with E-state index in [1.807, 2.05) is 6.92 Å². The van der Waals surface area contributed by atoms with E-state index in [4.69, 9.17) is 5.11 Å². The summed E-state index contributed by atoms with van der Waals surface area (Å²) in [6.45, 7) is 3.99. The molecule has 0 bridgehead atoms. The number of nitrogens with zero attached hydrogens (tertiary/aromatic N) is 4. The van der Waals surface area contributed by atoms with Crippen LogP contribution in [0.3, 0.4) is 0 Å². The van der Waals surface area contributed by atoms with Gasteiger partial charge in [-0.15, -0.1) is 5.10 Å². The number of hydrogen-bond donors (Lipinski definition) is 1. The summed E-state index contributed by atoms with van der Waals surface area (Å²) >= 11 is 0. The van der Waals surface area contributed by atoms with Crippen molar-refractivity contribution in [2.24, 2.45) is 5.92 Å². The van der Waals surface area contributed by atoms with Crippen molar-refractivity contribution in [3.63, 3.8) is 0 Å². The lowest BCUT2D eigenvalue weighted by atomic mass is 10.1. The number of halogens is 1. The van der Waals surface area contributed by atoms with Crippen LogP contribution in [0, 0.1) is 18.7 Å². The Labute approximate surface area is 115 Å². The van der Waals surface area contributed by atoms with Crippen molar-refractivity contribution in [2.75, 3.05) is 0 Å². The van der Waals surface area contributed by atoms with Crippen molar-refractivity contribution in [1.82, 2.24) is 20.2 Å². The fraction of sp³-hybridized carbons (Fsp3) is 0.385. The molecule has 20 heavy (non-hydrogen) atoms. The van der Waals surface area contributed by atoms with Gasteiger partial charge in [0.2, 0.25) is 0 Å². The number of carboxylic acid groups (broad SMARTS) is 1. The molecule has 2 rings (SSSR count). The highest BCUT2D eigenvalue weighted by Gasteiger charge is 2.15. The van der Waals surface area contributed by atoms with E-state index < -0.39 is 5.97 Å². The van der Waals surface area contributed by atoms with Gasteiger partial charge in [-0.05, 0) is 47.0 Å². The first-order chi connectivity index (χ1) is 9.47. The molecule has 6 nitrogen and oxygen atoms in total. The standard InChI is InChI=1S/C13H15FN4O2/c1-8(5-12(19)20)7-18-13(15-16-17-18)11-4-3-10(14)6-9(11)2/h3-4,6,8H,5,7H2,1-2H3,(H,19,20). The van der Waals surface area contributed by atoms with Gasteiger partial charge in [0, 0.05) is 18.5 Å². The van der Waals surface area contributed by atoms with Crippen molar-refractivity contribution >= 4 is 5.97 Å². The van der Waals surface area contributed by atoms with Crippen LogP contribution in [-0.4, -0.2) is 31.3 Å². The number of aliphatic carboxylic acids is 1. The van der Waals surface area contributed by atoms with E-state index in [2.05, 4.69) is 15.5 Å². The molecule has 1 unspecified atom stereocenters. The summed E-state index contributed by atoms with van der Waals surface area (Å²) in [6, 6.07) is 4.38.